The van der Waals surface area contributed by atoms with Crippen molar-refractivity contribution in [3.8, 4) is 0 Å². The lowest BCUT2D eigenvalue weighted by Gasteiger charge is -2.23. The number of nitrogens with zero attached hydrogens (tertiary/aromatic N) is 4. The number of pyridine rings is 1. The number of fused-ring (bicyclic) bond motifs is 2. The maximum Gasteiger partial charge on any atom is 0.241 e. The average molecular weight is 343 g/mol. The number of hydrogen-bond acceptors (Lipinski definition) is 5. The van der Waals surface area contributed by atoms with E-state index in [1.165, 1.54) is 6.33 Å². The van der Waals surface area contributed by atoms with E-state index in [9.17, 15) is 8.42 Å². The predicted molar refractivity (Wildman–Crippen MR) is 88.8 cm³/mol. The van der Waals surface area contributed by atoms with E-state index in [4.69, 9.17) is 0 Å². The summed E-state index contributed by atoms with van der Waals surface area (Å²) < 4.78 is 30.5. The van der Waals surface area contributed by atoms with E-state index in [0.717, 1.165) is 18.5 Å². The molecule has 124 valence electrons. The van der Waals surface area contributed by atoms with Crippen molar-refractivity contribution in [2.45, 2.75) is 37.2 Å². The molecule has 3 heterocycles. The fourth-order valence-corrected chi connectivity index (χ4v) is 4.60. The monoisotopic (exact) mass is 343 g/mol. The van der Waals surface area contributed by atoms with Gasteiger partial charge in [-0.15, -0.1) is 0 Å². The van der Waals surface area contributed by atoms with E-state index >= 15 is 0 Å². The molecule has 3 aromatic rings. The van der Waals surface area contributed by atoms with Gasteiger partial charge >= 0.3 is 0 Å². The molecule has 0 unspecified atom stereocenters. The van der Waals surface area contributed by atoms with Crippen LogP contribution in [0.4, 0.5) is 0 Å². The molecule has 1 aliphatic heterocycles. The number of hydrogen-bond donors (Lipinski definition) is 1. The van der Waals surface area contributed by atoms with Gasteiger partial charge in [0.15, 0.2) is 0 Å². The molecule has 0 aliphatic carbocycles. The van der Waals surface area contributed by atoms with Gasteiger partial charge in [-0.3, -0.25) is 4.98 Å². The highest BCUT2D eigenvalue weighted by molar-refractivity contribution is 7.89. The Hall–Kier alpha value is -2.32. The van der Waals surface area contributed by atoms with Crippen LogP contribution in [0.2, 0.25) is 0 Å². The number of benzene rings is 1. The number of aromatic nitrogens is 4. The van der Waals surface area contributed by atoms with Crippen LogP contribution in [-0.4, -0.2) is 28.2 Å². The zero-order valence-corrected chi connectivity index (χ0v) is 14.0. The zero-order chi connectivity index (χ0) is 16.7. The van der Waals surface area contributed by atoms with E-state index < -0.39 is 10.0 Å². The number of rotatable bonds is 3. The molecule has 1 aromatic carbocycles. The van der Waals surface area contributed by atoms with E-state index in [2.05, 4.69) is 19.8 Å². The number of sulfonamides is 1. The lowest BCUT2D eigenvalue weighted by molar-refractivity contribution is 0.400. The highest BCUT2D eigenvalue weighted by atomic mass is 32.2. The molecule has 0 radical (unpaired) electrons. The number of aryl methyl sites for hydroxylation is 2. The fourth-order valence-electron chi connectivity index (χ4n) is 3.17. The summed E-state index contributed by atoms with van der Waals surface area (Å²) in [4.78, 5) is 8.76. The number of nitrogens with one attached hydrogen (secondary N) is 1. The van der Waals surface area contributed by atoms with Crippen LogP contribution in [0.3, 0.4) is 0 Å². The van der Waals surface area contributed by atoms with Crippen LogP contribution in [-0.2, 0) is 16.6 Å². The molecule has 2 aromatic heterocycles. The van der Waals surface area contributed by atoms with Crippen molar-refractivity contribution < 1.29 is 8.42 Å². The van der Waals surface area contributed by atoms with Crippen LogP contribution < -0.4 is 4.72 Å². The van der Waals surface area contributed by atoms with E-state index in [1.54, 1.807) is 35.1 Å². The molecule has 0 saturated carbocycles. The fraction of sp³-hybridized carbons (Fsp3) is 0.312. The van der Waals surface area contributed by atoms with Crippen molar-refractivity contribution in [3.05, 3.63) is 48.2 Å². The zero-order valence-electron chi connectivity index (χ0n) is 13.2. The molecule has 0 saturated heterocycles. The smallest absolute Gasteiger partial charge is 0.241 e. The van der Waals surface area contributed by atoms with E-state index in [-0.39, 0.29) is 10.9 Å². The molecule has 1 aliphatic rings. The predicted octanol–water partition coefficient (Wildman–Crippen LogP) is 1.95. The van der Waals surface area contributed by atoms with Crippen LogP contribution in [0.1, 0.15) is 30.3 Å². The van der Waals surface area contributed by atoms with Gasteiger partial charge in [-0.1, -0.05) is 6.07 Å². The summed E-state index contributed by atoms with van der Waals surface area (Å²) >= 11 is 0. The van der Waals surface area contributed by atoms with Crippen LogP contribution >= 0.6 is 0 Å². The van der Waals surface area contributed by atoms with Gasteiger partial charge in [0.2, 0.25) is 10.0 Å². The van der Waals surface area contributed by atoms with Crippen LogP contribution in [0.25, 0.3) is 10.9 Å². The van der Waals surface area contributed by atoms with Crippen LogP contribution in [0, 0.1) is 6.92 Å². The molecule has 4 rings (SSSR count). The second-order valence-electron chi connectivity index (χ2n) is 5.94. The standard InChI is InChI=1S/C16H17N5O2S/c1-11-6-7-14(12-4-2-8-17-15(11)12)24(22,23)20-13-5-3-9-21-16(13)18-10-19-21/h2,4,6-8,10,13,20H,3,5,9H2,1H3/t13-/m1/s1. The third-order valence-electron chi connectivity index (χ3n) is 4.34. The maximum atomic E-state index is 13.0. The Bertz CT molecular complexity index is 1010. The normalized spacial score (nSPS) is 17.8. The van der Waals surface area contributed by atoms with Gasteiger partial charge in [0.05, 0.1) is 16.5 Å². The van der Waals surface area contributed by atoms with Crippen molar-refractivity contribution in [3.63, 3.8) is 0 Å². The van der Waals surface area contributed by atoms with E-state index in [1.807, 2.05) is 6.92 Å². The van der Waals surface area contributed by atoms with Crippen LogP contribution in [0.5, 0.6) is 0 Å². The summed E-state index contributed by atoms with van der Waals surface area (Å²) in [5, 5.41) is 4.76. The Labute approximate surface area is 139 Å². The van der Waals surface area contributed by atoms with E-state index in [0.29, 0.717) is 23.1 Å². The van der Waals surface area contributed by atoms with Gasteiger partial charge in [0.1, 0.15) is 12.2 Å². The highest BCUT2D eigenvalue weighted by Crippen LogP contribution is 2.28. The third-order valence-corrected chi connectivity index (χ3v) is 5.87. The van der Waals surface area contributed by atoms with Crippen LogP contribution in [0.15, 0.2) is 41.7 Å². The van der Waals surface area contributed by atoms with Gasteiger partial charge in [-0.25, -0.2) is 22.8 Å². The largest absolute Gasteiger partial charge is 0.256 e. The maximum absolute atomic E-state index is 13.0. The topological polar surface area (TPSA) is 89.8 Å². The van der Waals surface area contributed by atoms with Gasteiger partial charge in [0, 0.05) is 18.1 Å². The summed E-state index contributed by atoms with van der Waals surface area (Å²) in [7, 11) is -3.69. The molecule has 1 N–H and O–H groups in total. The minimum atomic E-state index is -3.69. The first-order valence-electron chi connectivity index (χ1n) is 7.80. The summed E-state index contributed by atoms with van der Waals surface area (Å²) in [5.74, 6) is 0.666. The SMILES string of the molecule is Cc1ccc(S(=O)(=O)N[C@@H]2CCCn3ncnc32)c2cccnc12. The van der Waals surface area contributed by atoms with Gasteiger partial charge in [0.25, 0.3) is 0 Å². The molecule has 8 heteroatoms. The van der Waals surface area contributed by atoms with Crippen molar-refractivity contribution >= 4 is 20.9 Å². The highest BCUT2D eigenvalue weighted by Gasteiger charge is 2.28. The first-order chi connectivity index (χ1) is 11.6. The van der Waals surface area contributed by atoms with Crippen molar-refractivity contribution in [1.29, 1.82) is 0 Å². The Balaban J connectivity index is 1.76. The quantitative estimate of drug-likeness (QED) is 0.785. The second kappa shape index (κ2) is 5.64. The molecule has 24 heavy (non-hydrogen) atoms. The molecular weight excluding hydrogens is 326 g/mol. The lowest BCUT2D eigenvalue weighted by Crippen LogP contribution is -2.33. The Morgan fingerprint density at radius 1 is 1.25 bits per heavy atom. The first kappa shape index (κ1) is 15.2. The summed E-state index contributed by atoms with van der Waals surface area (Å²) in [6, 6.07) is 6.59. The van der Waals surface area contributed by atoms with Gasteiger partial charge in [-0.2, -0.15) is 5.10 Å². The summed E-state index contributed by atoms with van der Waals surface area (Å²) in [6.45, 7) is 2.69. The molecule has 0 bridgehead atoms. The molecule has 0 amide bonds. The Morgan fingerprint density at radius 2 is 2.12 bits per heavy atom. The lowest BCUT2D eigenvalue weighted by atomic mass is 10.1. The third kappa shape index (κ3) is 2.47. The minimum Gasteiger partial charge on any atom is -0.256 e. The molecule has 0 fully saturated rings. The minimum absolute atomic E-state index is 0.243. The van der Waals surface area contributed by atoms with Gasteiger partial charge in [-0.05, 0) is 43.5 Å². The summed E-state index contributed by atoms with van der Waals surface area (Å²) in [5.41, 5.74) is 1.65. The second-order valence-corrected chi connectivity index (χ2v) is 7.62. The molecule has 0 spiro atoms. The van der Waals surface area contributed by atoms with Crippen molar-refractivity contribution in [2.24, 2.45) is 0 Å². The van der Waals surface area contributed by atoms with Crippen molar-refractivity contribution in [1.82, 2.24) is 24.5 Å². The molecular formula is C16H17N5O2S. The summed E-state index contributed by atoms with van der Waals surface area (Å²) in [6.07, 6.45) is 4.70. The van der Waals surface area contributed by atoms with Crippen molar-refractivity contribution in [2.75, 3.05) is 0 Å². The van der Waals surface area contributed by atoms with Gasteiger partial charge < -0.3 is 0 Å². The Morgan fingerprint density at radius 3 is 3.00 bits per heavy atom. The molecule has 7 nitrogen and oxygen atoms in total. The Kier molecular flexibility index (Phi) is 3.58. The first-order valence-corrected chi connectivity index (χ1v) is 9.29. The molecule has 1 atom stereocenters. The average Bonchev–Trinajstić information content (AvgIpc) is 3.05.